The summed E-state index contributed by atoms with van der Waals surface area (Å²) < 4.78 is 5.49. The molecule has 1 saturated carbocycles. The maximum absolute atomic E-state index is 5.52. The van der Waals surface area contributed by atoms with E-state index in [9.17, 15) is 0 Å². The van der Waals surface area contributed by atoms with Crippen molar-refractivity contribution in [2.24, 2.45) is 11.8 Å². The van der Waals surface area contributed by atoms with Crippen LogP contribution in [0.2, 0.25) is 0 Å². The first-order valence-electron chi connectivity index (χ1n) is 7.47. The van der Waals surface area contributed by atoms with E-state index in [2.05, 4.69) is 20.3 Å². The van der Waals surface area contributed by atoms with Crippen LogP contribution in [0.4, 0.5) is 11.6 Å². The molecule has 3 N–H and O–H groups in total. The van der Waals surface area contributed by atoms with Gasteiger partial charge in [-0.05, 0) is 31.6 Å². The third-order valence-electron chi connectivity index (χ3n) is 4.64. The van der Waals surface area contributed by atoms with Crippen LogP contribution in [0.3, 0.4) is 0 Å². The summed E-state index contributed by atoms with van der Waals surface area (Å²) in [4.78, 5) is 11.0. The lowest BCUT2D eigenvalue weighted by molar-refractivity contribution is 0.241. The zero-order valence-electron chi connectivity index (χ0n) is 12.0. The number of hydrogen-bond donors (Lipinski definition) is 2. The quantitative estimate of drug-likeness (QED) is 0.649. The van der Waals surface area contributed by atoms with E-state index < -0.39 is 0 Å². The Hall–Kier alpha value is -1.56. The Bertz CT molecular complexity index is 465. The van der Waals surface area contributed by atoms with E-state index in [1.54, 1.807) is 13.4 Å². The minimum absolute atomic E-state index is 0.551. The third-order valence-corrected chi connectivity index (χ3v) is 4.64. The summed E-state index contributed by atoms with van der Waals surface area (Å²) in [6.07, 6.45) is 9.40. The SMILES string of the molecule is COc1c(NN)ncnc1N1CCC[C@H]2CCCC[C@H]21. The van der Waals surface area contributed by atoms with Gasteiger partial charge in [0, 0.05) is 12.6 Å². The maximum atomic E-state index is 5.52. The van der Waals surface area contributed by atoms with Gasteiger partial charge in [-0.2, -0.15) is 0 Å². The van der Waals surface area contributed by atoms with E-state index in [-0.39, 0.29) is 0 Å². The number of nitrogens with one attached hydrogen (secondary N) is 1. The topological polar surface area (TPSA) is 76.3 Å². The summed E-state index contributed by atoms with van der Waals surface area (Å²) in [6.45, 7) is 1.04. The molecule has 2 fully saturated rings. The third kappa shape index (κ3) is 2.28. The Morgan fingerprint density at radius 3 is 2.85 bits per heavy atom. The first-order valence-corrected chi connectivity index (χ1v) is 7.47. The lowest BCUT2D eigenvalue weighted by atomic mass is 9.78. The number of methoxy groups -OCH3 is 1. The number of anilines is 2. The van der Waals surface area contributed by atoms with Crippen molar-refractivity contribution in [2.75, 3.05) is 24.0 Å². The van der Waals surface area contributed by atoms with Crippen LogP contribution >= 0.6 is 0 Å². The predicted molar refractivity (Wildman–Crippen MR) is 78.7 cm³/mol. The van der Waals surface area contributed by atoms with Gasteiger partial charge in [-0.25, -0.2) is 15.8 Å². The molecule has 6 heteroatoms. The fourth-order valence-corrected chi connectivity index (χ4v) is 3.75. The number of rotatable bonds is 3. The molecule has 3 rings (SSSR count). The number of ether oxygens (including phenoxy) is 1. The summed E-state index contributed by atoms with van der Waals surface area (Å²) in [5.74, 6) is 8.40. The fraction of sp³-hybridized carbons (Fsp3) is 0.714. The lowest BCUT2D eigenvalue weighted by Gasteiger charge is -2.45. The number of fused-ring (bicyclic) bond motifs is 1. The van der Waals surface area contributed by atoms with Crippen LogP contribution < -0.4 is 20.9 Å². The van der Waals surface area contributed by atoms with Crippen LogP contribution in [-0.2, 0) is 0 Å². The van der Waals surface area contributed by atoms with E-state index in [0.29, 0.717) is 17.6 Å². The first-order chi connectivity index (χ1) is 9.85. The zero-order valence-corrected chi connectivity index (χ0v) is 12.0. The fourth-order valence-electron chi connectivity index (χ4n) is 3.75. The normalized spacial score (nSPS) is 26.0. The minimum Gasteiger partial charge on any atom is -0.490 e. The first kappa shape index (κ1) is 13.4. The van der Waals surface area contributed by atoms with Gasteiger partial charge in [0.2, 0.25) is 5.75 Å². The Morgan fingerprint density at radius 2 is 2.05 bits per heavy atom. The number of hydrazine groups is 1. The Balaban J connectivity index is 1.94. The molecule has 1 aliphatic carbocycles. The van der Waals surface area contributed by atoms with Gasteiger partial charge in [0.25, 0.3) is 0 Å². The largest absolute Gasteiger partial charge is 0.490 e. The molecular weight excluding hydrogens is 254 g/mol. The summed E-state index contributed by atoms with van der Waals surface area (Å²) >= 11 is 0. The van der Waals surface area contributed by atoms with E-state index in [1.165, 1.54) is 38.5 Å². The molecule has 2 atom stereocenters. The monoisotopic (exact) mass is 277 g/mol. The van der Waals surface area contributed by atoms with Crippen LogP contribution in [0.15, 0.2) is 6.33 Å². The van der Waals surface area contributed by atoms with Crippen molar-refractivity contribution in [3.8, 4) is 5.75 Å². The average molecular weight is 277 g/mol. The van der Waals surface area contributed by atoms with Crippen molar-refractivity contribution in [3.63, 3.8) is 0 Å². The van der Waals surface area contributed by atoms with Gasteiger partial charge in [0.15, 0.2) is 11.6 Å². The van der Waals surface area contributed by atoms with Crippen molar-refractivity contribution in [1.29, 1.82) is 0 Å². The zero-order chi connectivity index (χ0) is 13.9. The van der Waals surface area contributed by atoms with E-state index >= 15 is 0 Å². The molecule has 110 valence electrons. The number of aromatic nitrogens is 2. The number of hydrogen-bond acceptors (Lipinski definition) is 6. The number of nitrogens with zero attached hydrogens (tertiary/aromatic N) is 3. The van der Waals surface area contributed by atoms with Crippen molar-refractivity contribution >= 4 is 11.6 Å². The van der Waals surface area contributed by atoms with Crippen LogP contribution in [0.5, 0.6) is 5.75 Å². The summed E-state index contributed by atoms with van der Waals surface area (Å²) in [5, 5.41) is 0. The molecular formula is C14H23N5O. The van der Waals surface area contributed by atoms with Gasteiger partial charge in [-0.3, -0.25) is 0 Å². The lowest BCUT2D eigenvalue weighted by Crippen LogP contribution is -2.47. The van der Waals surface area contributed by atoms with Gasteiger partial charge < -0.3 is 15.1 Å². The molecule has 0 aromatic carbocycles. The van der Waals surface area contributed by atoms with Crippen molar-refractivity contribution in [2.45, 2.75) is 44.6 Å². The molecule has 0 radical (unpaired) electrons. The van der Waals surface area contributed by atoms with Crippen LogP contribution in [0.1, 0.15) is 38.5 Å². The molecule has 0 bridgehead atoms. The van der Waals surface area contributed by atoms with Gasteiger partial charge in [0.1, 0.15) is 6.33 Å². The van der Waals surface area contributed by atoms with Crippen LogP contribution in [0.25, 0.3) is 0 Å². The molecule has 0 unspecified atom stereocenters. The summed E-state index contributed by atoms with van der Waals surface area (Å²) in [7, 11) is 1.64. The highest BCUT2D eigenvalue weighted by Gasteiger charge is 2.35. The van der Waals surface area contributed by atoms with Crippen molar-refractivity contribution in [1.82, 2.24) is 9.97 Å². The molecule has 6 nitrogen and oxygen atoms in total. The molecule has 2 aliphatic rings. The van der Waals surface area contributed by atoms with E-state index in [4.69, 9.17) is 10.6 Å². The maximum Gasteiger partial charge on any atom is 0.205 e. The molecule has 1 saturated heterocycles. The second-order valence-corrected chi connectivity index (χ2v) is 5.67. The van der Waals surface area contributed by atoms with E-state index in [0.717, 1.165) is 18.3 Å². The molecule has 1 aromatic heterocycles. The highest BCUT2D eigenvalue weighted by Crippen LogP contribution is 2.41. The second-order valence-electron chi connectivity index (χ2n) is 5.67. The number of nitrogen functional groups attached to an aromatic ring is 1. The van der Waals surface area contributed by atoms with Gasteiger partial charge in [-0.15, -0.1) is 0 Å². The molecule has 1 aromatic rings. The Kier molecular flexibility index (Phi) is 3.91. The number of nitrogens with two attached hydrogens (primary N) is 1. The predicted octanol–water partition coefficient (Wildman–Crippen LogP) is 1.93. The highest BCUT2D eigenvalue weighted by atomic mass is 16.5. The standard InChI is InChI=1S/C14H23N5O/c1-20-12-13(18-15)16-9-17-14(12)19-8-4-6-10-5-2-3-7-11(10)19/h9-11H,2-8,15H2,1H3,(H,16,17,18)/t10-,11-/m1/s1. The smallest absolute Gasteiger partial charge is 0.205 e. The molecule has 0 spiro atoms. The molecule has 0 amide bonds. The highest BCUT2D eigenvalue weighted by molar-refractivity contribution is 5.65. The van der Waals surface area contributed by atoms with E-state index in [1.807, 2.05) is 0 Å². The molecule has 2 heterocycles. The average Bonchev–Trinajstić information content (AvgIpc) is 2.53. The van der Waals surface area contributed by atoms with Gasteiger partial charge in [-0.1, -0.05) is 12.8 Å². The van der Waals surface area contributed by atoms with Crippen LogP contribution in [-0.4, -0.2) is 29.7 Å². The second kappa shape index (κ2) is 5.83. The Labute approximate surface area is 119 Å². The van der Waals surface area contributed by atoms with Crippen molar-refractivity contribution in [3.05, 3.63) is 6.33 Å². The Morgan fingerprint density at radius 1 is 1.25 bits per heavy atom. The van der Waals surface area contributed by atoms with Gasteiger partial charge in [0.05, 0.1) is 7.11 Å². The molecule has 1 aliphatic heterocycles. The summed E-state index contributed by atoms with van der Waals surface area (Å²) in [6, 6.07) is 0.590. The number of piperidine rings is 1. The van der Waals surface area contributed by atoms with Crippen LogP contribution in [0, 0.1) is 5.92 Å². The van der Waals surface area contributed by atoms with Crippen molar-refractivity contribution < 1.29 is 4.74 Å². The summed E-state index contributed by atoms with van der Waals surface area (Å²) in [5.41, 5.74) is 2.60. The minimum atomic E-state index is 0.551. The van der Waals surface area contributed by atoms with Gasteiger partial charge >= 0.3 is 0 Å². The molecule has 20 heavy (non-hydrogen) atoms.